The molecule has 1 N–H and O–H groups in total. The zero-order valence-corrected chi connectivity index (χ0v) is 12.1. The first-order valence-electron chi connectivity index (χ1n) is 6.55. The molecule has 0 radical (unpaired) electrons. The highest BCUT2D eigenvalue weighted by molar-refractivity contribution is 5.54. The zero-order chi connectivity index (χ0) is 13.5. The SMILES string of the molecule is COCCC(C)Nc1ccc(OC(C)C)cc1C. The summed E-state index contributed by atoms with van der Waals surface area (Å²) in [6.45, 7) is 9.11. The largest absolute Gasteiger partial charge is 0.491 e. The van der Waals surface area contributed by atoms with E-state index in [1.165, 1.54) is 5.56 Å². The van der Waals surface area contributed by atoms with E-state index in [4.69, 9.17) is 9.47 Å². The summed E-state index contributed by atoms with van der Waals surface area (Å²) in [5.74, 6) is 0.928. The Morgan fingerprint density at radius 3 is 2.50 bits per heavy atom. The number of rotatable bonds is 7. The van der Waals surface area contributed by atoms with Crippen LogP contribution in [0.2, 0.25) is 0 Å². The fourth-order valence-corrected chi connectivity index (χ4v) is 1.78. The number of benzene rings is 1. The summed E-state index contributed by atoms with van der Waals surface area (Å²) in [5, 5.41) is 3.49. The molecule has 3 heteroatoms. The van der Waals surface area contributed by atoms with Crippen molar-refractivity contribution in [2.45, 2.75) is 46.3 Å². The van der Waals surface area contributed by atoms with Gasteiger partial charge < -0.3 is 14.8 Å². The Bertz CT molecular complexity index is 364. The fourth-order valence-electron chi connectivity index (χ4n) is 1.78. The average Bonchev–Trinajstić information content (AvgIpc) is 2.29. The molecule has 0 heterocycles. The Hall–Kier alpha value is -1.22. The van der Waals surface area contributed by atoms with Gasteiger partial charge in [-0.1, -0.05) is 0 Å². The lowest BCUT2D eigenvalue weighted by atomic mass is 10.1. The molecule has 1 rings (SSSR count). The van der Waals surface area contributed by atoms with Crippen LogP contribution >= 0.6 is 0 Å². The molecule has 0 aromatic heterocycles. The number of methoxy groups -OCH3 is 1. The minimum atomic E-state index is 0.212. The Balaban J connectivity index is 2.61. The molecule has 0 spiro atoms. The minimum absolute atomic E-state index is 0.212. The van der Waals surface area contributed by atoms with Crippen LogP contribution < -0.4 is 10.1 Å². The van der Waals surface area contributed by atoms with E-state index in [0.29, 0.717) is 6.04 Å². The summed E-state index contributed by atoms with van der Waals surface area (Å²) in [7, 11) is 1.73. The monoisotopic (exact) mass is 251 g/mol. The van der Waals surface area contributed by atoms with Crippen LogP contribution in [0.4, 0.5) is 5.69 Å². The Labute approximate surface area is 110 Å². The van der Waals surface area contributed by atoms with Gasteiger partial charge in [0.05, 0.1) is 6.10 Å². The van der Waals surface area contributed by atoms with Crippen LogP contribution in [-0.2, 0) is 4.74 Å². The van der Waals surface area contributed by atoms with Gasteiger partial charge in [-0.15, -0.1) is 0 Å². The van der Waals surface area contributed by atoms with Crippen molar-refractivity contribution in [2.75, 3.05) is 19.0 Å². The van der Waals surface area contributed by atoms with Crippen LogP contribution in [0.5, 0.6) is 5.75 Å². The van der Waals surface area contributed by atoms with Gasteiger partial charge in [0.2, 0.25) is 0 Å². The molecular weight excluding hydrogens is 226 g/mol. The molecule has 0 aliphatic carbocycles. The maximum absolute atomic E-state index is 5.67. The highest BCUT2D eigenvalue weighted by atomic mass is 16.5. The number of hydrogen-bond acceptors (Lipinski definition) is 3. The third-order valence-electron chi connectivity index (χ3n) is 2.73. The molecule has 1 unspecified atom stereocenters. The summed E-state index contributed by atoms with van der Waals surface area (Å²) in [6, 6.07) is 6.57. The Morgan fingerprint density at radius 2 is 1.94 bits per heavy atom. The van der Waals surface area contributed by atoms with Crippen molar-refractivity contribution in [1.82, 2.24) is 0 Å². The molecule has 102 valence electrons. The molecule has 0 saturated heterocycles. The second kappa shape index (κ2) is 7.27. The van der Waals surface area contributed by atoms with Crippen molar-refractivity contribution in [1.29, 1.82) is 0 Å². The van der Waals surface area contributed by atoms with E-state index in [1.54, 1.807) is 7.11 Å². The summed E-state index contributed by atoms with van der Waals surface area (Å²) >= 11 is 0. The molecule has 0 saturated carbocycles. The zero-order valence-electron chi connectivity index (χ0n) is 12.1. The average molecular weight is 251 g/mol. The van der Waals surface area contributed by atoms with Crippen LogP contribution in [0, 0.1) is 6.92 Å². The van der Waals surface area contributed by atoms with Crippen molar-refractivity contribution in [3.05, 3.63) is 23.8 Å². The van der Waals surface area contributed by atoms with Crippen molar-refractivity contribution < 1.29 is 9.47 Å². The maximum atomic E-state index is 5.67. The van der Waals surface area contributed by atoms with Gasteiger partial charge in [-0.3, -0.25) is 0 Å². The van der Waals surface area contributed by atoms with E-state index < -0.39 is 0 Å². The van der Waals surface area contributed by atoms with Crippen LogP contribution in [0.25, 0.3) is 0 Å². The number of hydrogen-bond donors (Lipinski definition) is 1. The van der Waals surface area contributed by atoms with E-state index in [0.717, 1.165) is 24.5 Å². The maximum Gasteiger partial charge on any atom is 0.120 e. The highest BCUT2D eigenvalue weighted by Crippen LogP contribution is 2.23. The van der Waals surface area contributed by atoms with Gasteiger partial charge in [0.25, 0.3) is 0 Å². The van der Waals surface area contributed by atoms with Crippen LogP contribution in [0.15, 0.2) is 18.2 Å². The molecule has 0 aliphatic heterocycles. The first kappa shape index (κ1) is 14.8. The van der Waals surface area contributed by atoms with Crippen LogP contribution in [-0.4, -0.2) is 25.9 Å². The smallest absolute Gasteiger partial charge is 0.120 e. The van der Waals surface area contributed by atoms with Gasteiger partial charge in [0.15, 0.2) is 0 Å². The standard InChI is InChI=1S/C15H25NO2/c1-11(2)18-14-6-7-15(12(3)10-14)16-13(4)8-9-17-5/h6-7,10-11,13,16H,8-9H2,1-5H3. The van der Waals surface area contributed by atoms with Crippen molar-refractivity contribution in [2.24, 2.45) is 0 Å². The molecule has 1 aromatic rings. The second-order valence-electron chi connectivity index (χ2n) is 4.97. The van der Waals surface area contributed by atoms with E-state index in [9.17, 15) is 0 Å². The van der Waals surface area contributed by atoms with Crippen molar-refractivity contribution in [3.8, 4) is 5.75 Å². The summed E-state index contributed by atoms with van der Waals surface area (Å²) < 4.78 is 10.8. The van der Waals surface area contributed by atoms with Gasteiger partial charge in [-0.2, -0.15) is 0 Å². The summed E-state index contributed by atoms with van der Waals surface area (Å²) in [4.78, 5) is 0. The lowest BCUT2D eigenvalue weighted by Gasteiger charge is -2.18. The predicted molar refractivity (Wildman–Crippen MR) is 76.5 cm³/mol. The Kier molecular flexibility index (Phi) is 5.99. The lowest BCUT2D eigenvalue weighted by molar-refractivity contribution is 0.191. The normalized spacial score (nSPS) is 12.6. The third-order valence-corrected chi connectivity index (χ3v) is 2.73. The van der Waals surface area contributed by atoms with Crippen LogP contribution in [0.1, 0.15) is 32.8 Å². The fraction of sp³-hybridized carbons (Fsp3) is 0.600. The molecule has 0 bridgehead atoms. The Morgan fingerprint density at radius 1 is 1.22 bits per heavy atom. The number of ether oxygens (including phenoxy) is 2. The summed E-state index contributed by atoms with van der Waals surface area (Å²) in [5.41, 5.74) is 2.37. The van der Waals surface area contributed by atoms with Gasteiger partial charge in [0.1, 0.15) is 5.75 Å². The predicted octanol–water partition coefficient (Wildman–Crippen LogP) is 3.62. The molecule has 18 heavy (non-hydrogen) atoms. The lowest BCUT2D eigenvalue weighted by Crippen LogP contribution is -2.17. The van der Waals surface area contributed by atoms with Gasteiger partial charge in [0, 0.05) is 25.4 Å². The first-order valence-corrected chi connectivity index (χ1v) is 6.55. The molecular formula is C15H25NO2. The molecule has 0 aliphatic rings. The van der Waals surface area contributed by atoms with Crippen molar-refractivity contribution >= 4 is 5.69 Å². The first-order chi connectivity index (χ1) is 8.52. The summed E-state index contributed by atoms with van der Waals surface area (Å²) in [6.07, 6.45) is 1.21. The highest BCUT2D eigenvalue weighted by Gasteiger charge is 2.06. The molecule has 1 atom stereocenters. The van der Waals surface area contributed by atoms with E-state index in [-0.39, 0.29) is 6.10 Å². The van der Waals surface area contributed by atoms with E-state index in [1.807, 2.05) is 19.9 Å². The van der Waals surface area contributed by atoms with Gasteiger partial charge in [-0.05, 0) is 57.9 Å². The third kappa shape index (κ3) is 4.96. The minimum Gasteiger partial charge on any atom is -0.491 e. The molecule has 0 amide bonds. The second-order valence-corrected chi connectivity index (χ2v) is 4.97. The molecule has 1 aromatic carbocycles. The number of nitrogens with one attached hydrogen (secondary N) is 1. The van der Waals surface area contributed by atoms with E-state index >= 15 is 0 Å². The molecule has 0 fully saturated rings. The van der Waals surface area contributed by atoms with Crippen LogP contribution in [0.3, 0.4) is 0 Å². The quantitative estimate of drug-likeness (QED) is 0.803. The number of anilines is 1. The number of aryl methyl sites for hydroxylation is 1. The topological polar surface area (TPSA) is 30.5 Å². The van der Waals surface area contributed by atoms with Gasteiger partial charge >= 0.3 is 0 Å². The molecule has 3 nitrogen and oxygen atoms in total. The van der Waals surface area contributed by atoms with Gasteiger partial charge in [-0.25, -0.2) is 0 Å². The van der Waals surface area contributed by atoms with E-state index in [2.05, 4.69) is 31.3 Å². The van der Waals surface area contributed by atoms with Crippen molar-refractivity contribution in [3.63, 3.8) is 0 Å².